The van der Waals surface area contributed by atoms with Gasteiger partial charge in [0.15, 0.2) is 0 Å². The number of amides is 1. The van der Waals surface area contributed by atoms with Crippen molar-refractivity contribution >= 4 is 34.0 Å². The molecule has 0 spiro atoms. The molecule has 1 atom stereocenters. The topological polar surface area (TPSA) is 72.2 Å². The minimum absolute atomic E-state index is 0.103. The predicted molar refractivity (Wildman–Crippen MR) is 85.7 cm³/mol. The molecule has 0 saturated heterocycles. The van der Waals surface area contributed by atoms with Crippen LogP contribution in [0.15, 0.2) is 53.4 Å². The fraction of sp³-hybridized carbons (Fsp3) is 0.133. The molecule has 3 N–H and O–H groups in total. The molecule has 2 rings (SSSR count). The Balaban J connectivity index is 1.97. The molecule has 0 fully saturated rings. The van der Waals surface area contributed by atoms with Crippen molar-refractivity contribution in [2.45, 2.75) is 11.4 Å². The van der Waals surface area contributed by atoms with Crippen LogP contribution in [-0.4, -0.2) is 15.9 Å². The Hall–Kier alpha value is -1.69. The fourth-order valence-corrected chi connectivity index (χ4v) is 2.80. The second kappa shape index (κ2) is 7.36. The molecule has 0 aliphatic rings. The normalized spacial score (nSPS) is 11.9. The average molecular weight is 323 g/mol. The Labute approximate surface area is 130 Å². The van der Waals surface area contributed by atoms with E-state index in [0.717, 1.165) is 5.56 Å². The van der Waals surface area contributed by atoms with E-state index >= 15 is 0 Å². The second-order valence-electron chi connectivity index (χ2n) is 4.40. The zero-order valence-corrected chi connectivity index (χ0v) is 12.8. The van der Waals surface area contributed by atoms with Crippen LogP contribution in [0.4, 0.5) is 5.69 Å². The summed E-state index contributed by atoms with van der Waals surface area (Å²) in [5.74, 6) is -0.411. The number of benzene rings is 2. The molecule has 0 aliphatic carbocycles. The Kier molecular flexibility index (Phi) is 5.50. The van der Waals surface area contributed by atoms with E-state index in [4.69, 9.17) is 17.3 Å². The van der Waals surface area contributed by atoms with Crippen molar-refractivity contribution in [3.05, 3.63) is 59.1 Å². The largest absolute Gasteiger partial charge is 0.326 e. The monoisotopic (exact) mass is 322 g/mol. The van der Waals surface area contributed by atoms with Crippen LogP contribution in [0.3, 0.4) is 0 Å². The fourth-order valence-electron chi connectivity index (χ4n) is 1.76. The van der Waals surface area contributed by atoms with Crippen LogP contribution in [0, 0.1) is 0 Å². The number of nitrogens with two attached hydrogens (primary N) is 1. The molecule has 2 aromatic rings. The first-order valence-corrected chi connectivity index (χ1v) is 8.01. The van der Waals surface area contributed by atoms with Gasteiger partial charge < -0.3 is 11.1 Å². The molecule has 0 aromatic heterocycles. The summed E-state index contributed by atoms with van der Waals surface area (Å²) in [6.07, 6.45) is 0. The molecule has 6 heteroatoms. The molecule has 0 radical (unpaired) electrons. The third-order valence-electron chi connectivity index (χ3n) is 2.79. The lowest BCUT2D eigenvalue weighted by Crippen LogP contribution is -2.19. The quantitative estimate of drug-likeness (QED) is 0.888. The molecule has 0 heterocycles. The zero-order valence-electron chi connectivity index (χ0n) is 11.2. The van der Waals surface area contributed by atoms with Gasteiger partial charge in [-0.1, -0.05) is 23.7 Å². The number of carbonyl (C=O) groups is 1. The van der Waals surface area contributed by atoms with Crippen molar-refractivity contribution in [3.8, 4) is 0 Å². The lowest BCUT2D eigenvalue weighted by Gasteiger charge is -2.07. The number of anilines is 1. The first-order valence-electron chi connectivity index (χ1n) is 6.31. The van der Waals surface area contributed by atoms with E-state index in [1.807, 2.05) is 12.1 Å². The predicted octanol–water partition coefficient (Wildman–Crippen LogP) is 2.55. The van der Waals surface area contributed by atoms with Crippen LogP contribution >= 0.6 is 11.6 Å². The SMILES string of the molecule is NCc1cccc(NC(=O)CS(=O)c2ccc(Cl)cc2)c1. The van der Waals surface area contributed by atoms with Gasteiger partial charge in [0.25, 0.3) is 0 Å². The summed E-state index contributed by atoms with van der Waals surface area (Å²) in [6.45, 7) is 0.403. The van der Waals surface area contributed by atoms with Crippen molar-refractivity contribution in [3.63, 3.8) is 0 Å². The molecule has 1 unspecified atom stereocenters. The summed E-state index contributed by atoms with van der Waals surface area (Å²) >= 11 is 5.77. The van der Waals surface area contributed by atoms with E-state index in [-0.39, 0.29) is 11.7 Å². The van der Waals surface area contributed by atoms with E-state index in [1.165, 1.54) is 0 Å². The standard InChI is InChI=1S/C15H15ClN2O2S/c16-12-4-6-14(7-5-12)21(20)10-15(19)18-13-3-1-2-11(8-13)9-17/h1-8H,9-10,17H2,(H,18,19). The van der Waals surface area contributed by atoms with Crippen LogP contribution in [0.5, 0.6) is 0 Å². The highest BCUT2D eigenvalue weighted by molar-refractivity contribution is 7.85. The van der Waals surface area contributed by atoms with Gasteiger partial charge in [-0.15, -0.1) is 0 Å². The third-order valence-corrected chi connectivity index (χ3v) is 4.36. The van der Waals surface area contributed by atoms with Crippen molar-refractivity contribution < 1.29 is 9.00 Å². The molecule has 2 aromatic carbocycles. The highest BCUT2D eigenvalue weighted by atomic mass is 35.5. The molecular formula is C15H15ClN2O2S. The van der Waals surface area contributed by atoms with Crippen molar-refractivity contribution in [2.24, 2.45) is 5.73 Å². The lowest BCUT2D eigenvalue weighted by atomic mass is 10.2. The summed E-state index contributed by atoms with van der Waals surface area (Å²) < 4.78 is 12.1. The van der Waals surface area contributed by atoms with E-state index in [2.05, 4.69) is 5.32 Å². The smallest absolute Gasteiger partial charge is 0.237 e. The minimum atomic E-state index is -1.40. The number of halogens is 1. The number of carbonyl (C=O) groups excluding carboxylic acids is 1. The van der Waals surface area contributed by atoms with Gasteiger partial charge in [-0.25, -0.2) is 0 Å². The van der Waals surface area contributed by atoms with Gasteiger partial charge in [0.1, 0.15) is 5.75 Å². The maximum atomic E-state index is 12.1. The van der Waals surface area contributed by atoms with E-state index in [0.29, 0.717) is 22.2 Å². The van der Waals surface area contributed by atoms with Gasteiger partial charge >= 0.3 is 0 Å². The van der Waals surface area contributed by atoms with E-state index < -0.39 is 10.8 Å². The van der Waals surface area contributed by atoms with Crippen LogP contribution in [0.2, 0.25) is 5.02 Å². The number of hydrogen-bond donors (Lipinski definition) is 2. The van der Waals surface area contributed by atoms with Gasteiger partial charge in [-0.3, -0.25) is 9.00 Å². The highest BCUT2D eigenvalue weighted by Gasteiger charge is 2.10. The van der Waals surface area contributed by atoms with Crippen LogP contribution < -0.4 is 11.1 Å². The summed E-state index contributed by atoms with van der Waals surface area (Å²) in [7, 11) is -1.40. The van der Waals surface area contributed by atoms with Gasteiger partial charge in [0, 0.05) is 22.2 Å². The Morgan fingerprint density at radius 1 is 1.19 bits per heavy atom. The van der Waals surface area contributed by atoms with Gasteiger partial charge in [-0.05, 0) is 42.0 Å². The Morgan fingerprint density at radius 3 is 2.57 bits per heavy atom. The molecule has 110 valence electrons. The first-order chi connectivity index (χ1) is 10.1. The lowest BCUT2D eigenvalue weighted by molar-refractivity contribution is -0.113. The second-order valence-corrected chi connectivity index (χ2v) is 6.28. The summed E-state index contributed by atoms with van der Waals surface area (Å²) in [4.78, 5) is 12.5. The van der Waals surface area contributed by atoms with E-state index in [1.54, 1.807) is 36.4 Å². The van der Waals surface area contributed by atoms with Crippen LogP contribution in [0.1, 0.15) is 5.56 Å². The van der Waals surface area contributed by atoms with Gasteiger partial charge in [-0.2, -0.15) is 0 Å². The number of rotatable bonds is 5. The van der Waals surface area contributed by atoms with Crippen LogP contribution in [-0.2, 0) is 22.1 Å². The van der Waals surface area contributed by atoms with Crippen molar-refractivity contribution in [1.29, 1.82) is 0 Å². The minimum Gasteiger partial charge on any atom is -0.326 e. The van der Waals surface area contributed by atoms with Crippen molar-refractivity contribution in [1.82, 2.24) is 0 Å². The number of nitrogens with one attached hydrogen (secondary N) is 1. The molecule has 0 saturated carbocycles. The molecule has 4 nitrogen and oxygen atoms in total. The summed E-state index contributed by atoms with van der Waals surface area (Å²) in [5, 5.41) is 3.28. The van der Waals surface area contributed by atoms with Gasteiger partial charge in [0.05, 0.1) is 10.8 Å². The highest BCUT2D eigenvalue weighted by Crippen LogP contribution is 2.14. The molecule has 21 heavy (non-hydrogen) atoms. The first kappa shape index (κ1) is 15.7. The maximum absolute atomic E-state index is 12.1. The average Bonchev–Trinajstić information content (AvgIpc) is 2.47. The molecule has 0 bridgehead atoms. The Morgan fingerprint density at radius 2 is 1.90 bits per heavy atom. The van der Waals surface area contributed by atoms with E-state index in [9.17, 15) is 9.00 Å². The maximum Gasteiger partial charge on any atom is 0.237 e. The van der Waals surface area contributed by atoms with Gasteiger partial charge in [0.2, 0.25) is 5.91 Å². The summed E-state index contributed by atoms with van der Waals surface area (Å²) in [6, 6.07) is 13.9. The molecule has 0 aliphatic heterocycles. The third kappa shape index (κ3) is 4.67. The Bertz CT molecular complexity index is 659. The zero-order chi connectivity index (χ0) is 15.2. The molecular weight excluding hydrogens is 308 g/mol. The number of hydrogen-bond acceptors (Lipinski definition) is 3. The molecule has 1 amide bonds. The summed E-state index contributed by atoms with van der Waals surface area (Å²) in [5.41, 5.74) is 7.12. The van der Waals surface area contributed by atoms with Crippen molar-refractivity contribution in [2.75, 3.05) is 11.1 Å². The van der Waals surface area contributed by atoms with Crippen LogP contribution in [0.25, 0.3) is 0 Å².